The molecule has 0 saturated heterocycles. The van der Waals surface area contributed by atoms with Gasteiger partial charge in [-0.15, -0.1) is 0 Å². The highest BCUT2D eigenvalue weighted by atomic mass is 16.3. The van der Waals surface area contributed by atoms with Crippen LogP contribution in [0, 0.1) is 0 Å². The minimum absolute atomic E-state index is 0.112. The van der Waals surface area contributed by atoms with Crippen molar-refractivity contribution in [1.29, 1.82) is 0 Å². The Labute approximate surface area is 367 Å². The Balaban J connectivity index is 1.09. The van der Waals surface area contributed by atoms with E-state index in [1.54, 1.807) is 0 Å². The summed E-state index contributed by atoms with van der Waals surface area (Å²) in [4.78, 5) is 16.2. The lowest BCUT2D eigenvalue weighted by Crippen LogP contribution is -2.05. The number of furan rings is 1. The van der Waals surface area contributed by atoms with E-state index in [4.69, 9.17) is 19.4 Å². The monoisotopic (exact) mass is 809 g/mol. The Morgan fingerprint density at radius 3 is 1.78 bits per heavy atom. The van der Waals surface area contributed by atoms with Crippen molar-refractivity contribution < 1.29 is 4.42 Å². The largest absolute Gasteiger partial charge is 0.456 e. The van der Waals surface area contributed by atoms with Gasteiger partial charge in [0, 0.05) is 33.6 Å². The molecule has 0 bridgehead atoms. The van der Waals surface area contributed by atoms with Crippen LogP contribution in [0.2, 0.25) is 0 Å². The highest BCUT2D eigenvalue weighted by Gasteiger charge is 2.30. The minimum Gasteiger partial charge on any atom is -0.456 e. The van der Waals surface area contributed by atoms with Gasteiger partial charge in [-0.2, -0.15) is 0 Å². The van der Waals surface area contributed by atoms with Gasteiger partial charge in [0.05, 0.1) is 0 Å². The van der Waals surface area contributed by atoms with E-state index in [0.717, 1.165) is 74.9 Å². The highest BCUT2D eigenvalue weighted by Crippen LogP contribution is 2.47. The Kier molecular flexibility index (Phi) is 9.03. The molecule has 0 spiro atoms. The molecular weight excluding hydrogens is 767 g/mol. The van der Waals surface area contributed by atoms with Gasteiger partial charge in [-0.25, -0.2) is 15.0 Å². The number of aryl methyl sites for hydroxylation is 1. The van der Waals surface area contributed by atoms with Gasteiger partial charge in [0.2, 0.25) is 0 Å². The lowest BCUT2D eigenvalue weighted by molar-refractivity contribution is 0.585. The first-order valence-electron chi connectivity index (χ1n) is 22.1. The molecule has 2 aliphatic rings. The number of allylic oxidation sites excluding steroid dienone is 1. The maximum Gasteiger partial charge on any atom is 0.164 e. The van der Waals surface area contributed by atoms with Crippen LogP contribution in [0.3, 0.4) is 0 Å². The van der Waals surface area contributed by atoms with E-state index >= 15 is 0 Å². The van der Waals surface area contributed by atoms with E-state index in [2.05, 4.69) is 201 Å². The maximum absolute atomic E-state index is 6.89. The second-order valence-electron chi connectivity index (χ2n) is 17.1. The van der Waals surface area contributed by atoms with Crippen molar-refractivity contribution in [3.8, 4) is 67.5 Å². The molecule has 10 aromatic rings. The molecule has 12 rings (SSSR count). The quantitative estimate of drug-likeness (QED) is 0.168. The highest BCUT2D eigenvalue weighted by molar-refractivity contribution is 5.99. The van der Waals surface area contributed by atoms with Crippen LogP contribution in [0.4, 0.5) is 0 Å². The first kappa shape index (κ1) is 37.1. The molecule has 0 N–H and O–H groups in total. The van der Waals surface area contributed by atoms with Crippen molar-refractivity contribution in [2.75, 3.05) is 0 Å². The first-order valence-corrected chi connectivity index (χ1v) is 22.1. The predicted molar refractivity (Wildman–Crippen MR) is 258 cm³/mol. The molecular formula is C59H43N3O. The lowest BCUT2D eigenvalue weighted by Gasteiger charge is -2.20. The Morgan fingerprint density at radius 2 is 1.08 bits per heavy atom. The predicted octanol–water partition coefficient (Wildman–Crippen LogP) is 15.4. The Hall–Kier alpha value is -7.69. The number of nitrogens with zero attached hydrogens (tertiary/aromatic N) is 3. The first-order chi connectivity index (χ1) is 31.1. The van der Waals surface area contributed by atoms with Crippen LogP contribution >= 0.6 is 0 Å². The summed E-state index contributed by atoms with van der Waals surface area (Å²) < 4.78 is 6.89. The SMILES string of the molecule is CC1CC=Cc2oc3cc(C4CCc5cc6ccccc6cc5-c5ccccc54)cc(-c4nc(-c5cccc(-c6ccccc6)c5)nc(-c5cccc(-c6ccccc6)c5)n4)c3c21. The third-order valence-electron chi connectivity index (χ3n) is 13.2. The molecule has 0 radical (unpaired) electrons. The van der Waals surface area contributed by atoms with Gasteiger partial charge < -0.3 is 4.42 Å². The average molecular weight is 810 g/mol. The topological polar surface area (TPSA) is 51.8 Å². The summed E-state index contributed by atoms with van der Waals surface area (Å²) in [6, 6.07) is 65.3. The van der Waals surface area contributed by atoms with Gasteiger partial charge in [-0.3, -0.25) is 0 Å². The van der Waals surface area contributed by atoms with Crippen LogP contribution in [-0.4, -0.2) is 15.0 Å². The molecule has 2 aliphatic carbocycles. The summed E-state index contributed by atoms with van der Waals surface area (Å²) in [6.07, 6.45) is 7.23. The van der Waals surface area contributed by atoms with Crippen LogP contribution in [0.1, 0.15) is 59.6 Å². The van der Waals surface area contributed by atoms with Gasteiger partial charge in [-0.1, -0.05) is 165 Å². The normalized spacial score (nSPS) is 15.4. The molecule has 4 nitrogen and oxygen atoms in total. The van der Waals surface area contributed by atoms with E-state index in [-0.39, 0.29) is 11.8 Å². The van der Waals surface area contributed by atoms with E-state index in [0.29, 0.717) is 17.5 Å². The molecule has 4 heteroatoms. The van der Waals surface area contributed by atoms with Crippen molar-refractivity contribution in [1.82, 2.24) is 15.0 Å². The number of aromatic nitrogens is 3. The fraction of sp³-hybridized carbons (Fsp3) is 0.102. The summed E-state index contributed by atoms with van der Waals surface area (Å²) in [6.45, 7) is 2.30. The smallest absolute Gasteiger partial charge is 0.164 e. The number of hydrogen-bond acceptors (Lipinski definition) is 4. The van der Waals surface area contributed by atoms with Crippen molar-refractivity contribution in [2.45, 2.75) is 38.0 Å². The van der Waals surface area contributed by atoms with Gasteiger partial charge in [-0.05, 0) is 122 Å². The zero-order valence-electron chi connectivity index (χ0n) is 35.0. The fourth-order valence-corrected chi connectivity index (χ4v) is 10.1. The van der Waals surface area contributed by atoms with Crippen LogP contribution in [-0.2, 0) is 6.42 Å². The van der Waals surface area contributed by atoms with Crippen LogP contribution in [0.15, 0.2) is 192 Å². The standard InChI is InChI=1S/C59H43N3O/c1-37-15-12-28-53-55(37)56-52(35-47(36-54(56)63-53)48-30-29-44-31-42-20-8-9-21-43(42)34-51(44)50-27-11-10-26-49(48)50)59-61-57(45-24-13-22-40(32-45)38-16-4-2-5-17-38)60-58(62-59)46-25-14-23-41(33-46)39-18-6-3-7-19-39/h2-14,16-28,31-37,48H,15,29-30H2,1H3. The zero-order chi connectivity index (χ0) is 41.9. The molecule has 2 heterocycles. The Bertz CT molecular complexity index is 3300. The van der Waals surface area contributed by atoms with E-state index in [1.165, 1.54) is 44.2 Å². The molecule has 0 saturated carbocycles. The number of fused-ring (bicyclic) bond motifs is 7. The summed E-state index contributed by atoms with van der Waals surface area (Å²) in [7, 11) is 0. The van der Waals surface area contributed by atoms with E-state index in [1.807, 2.05) is 0 Å². The lowest BCUT2D eigenvalue weighted by atomic mass is 9.83. The van der Waals surface area contributed by atoms with Gasteiger partial charge in [0.15, 0.2) is 17.5 Å². The summed E-state index contributed by atoms with van der Waals surface area (Å²) >= 11 is 0. The van der Waals surface area contributed by atoms with Crippen molar-refractivity contribution >= 4 is 27.8 Å². The van der Waals surface area contributed by atoms with Crippen LogP contribution in [0.5, 0.6) is 0 Å². The third-order valence-corrected chi connectivity index (χ3v) is 13.2. The van der Waals surface area contributed by atoms with Crippen LogP contribution in [0.25, 0.3) is 95.4 Å². The minimum atomic E-state index is 0.112. The number of benzene rings is 8. The van der Waals surface area contributed by atoms with Gasteiger partial charge in [0.25, 0.3) is 0 Å². The van der Waals surface area contributed by atoms with E-state index < -0.39 is 0 Å². The number of hydrogen-bond donors (Lipinski definition) is 0. The molecule has 0 amide bonds. The van der Waals surface area contributed by atoms with Crippen molar-refractivity contribution in [3.05, 3.63) is 216 Å². The fourth-order valence-electron chi connectivity index (χ4n) is 10.1. The maximum atomic E-state index is 6.89. The molecule has 63 heavy (non-hydrogen) atoms. The van der Waals surface area contributed by atoms with Crippen molar-refractivity contribution in [3.63, 3.8) is 0 Å². The second-order valence-corrected chi connectivity index (χ2v) is 17.1. The molecule has 2 atom stereocenters. The third kappa shape index (κ3) is 6.67. The Morgan fingerprint density at radius 1 is 0.492 bits per heavy atom. The van der Waals surface area contributed by atoms with Gasteiger partial charge in [0.1, 0.15) is 11.3 Å². The summed E-state index contributed by atoms with van der Waals surface area (Å²) in [5.41, 5.74) is 16.0. The summed E-state index contributed by atoms with van der Waals surface area (Å²) in [5, 5.41) is 3.63. The van der Waals surface area contributed by atoms with E-state index in [9.17, 15) is 0 Å². The molecule has 0 fully saturated rings. The molecule has 2 unspecified atom stereocenters. The van der Waals surface area contributed by atoms with Crippen molar-refractivity contribution in [2.24, 2.45) is 0 Å². The zero-order valence-corrected chi connectivity index (χ0v) is 35.0. The molecule has 300 valence electrons. The molecule has 8 aromatic carbocycles. The molecule has 0 aliphatic heterocycles. The van der Waals surface area contributed by atoms with Gasteiger partial charge >= 0.3 is 0 Å². The average Bonchev–Trinajstić information content (AvgIpc) is 3.66. The number of rotatable bonds is 6. The second kappa shape index (κ2) is 15.3. The molecule has 2 aromatic heterocycles. The van der Waals surface area contributed by atoms with Crippen LogP contribution < -0.4 is 0 Å². The summed E-state index contributed by atoms with van der Waals surface area (Å²) in [5.74, 6) is 3.19.